The van der Waals surface area contributed by atoms with Crippen LogP contribution in [0.1, 0.15) is 41.0 Å². The summed E-state index contributed by atoms with van der Waals surface area (Å²) in [5.74, 6) is 4.07. The van der Waals surface area contributed by atoms with E-state index < -0.39 is 0 Å². The third-order valence-electron chi connectivity index (χ3n) is 3.23. The second kappa shape index (κ2) is 14.5. The number of halogens is 1. The van der Waals surface area contributed by atoms with Crippen molar-refractivity contribution in [3.05, 3.63) is 0 Å². The second-order valence-electron chi connectivity index (χ2n) is 5.28. The third kappa shape index (κ3) is 10.8. The van der Waals surface area contributed by atoms with Crippen LogP contribution in [0.25, 0.3) is 0 Å². The molecule has 0 radical (unpaired) electrons. The first-order chi connectivity index (χ1) is 9.58. The van der Waals surface area contributed by atoms with Crippen LogP contribution in [0.5, 0.6) is 0 Å². The lowest BCUT2D eigenvalue weighted by Crippen LogP contribution is -2.41. The molecule has 0 saturated carbocycles. The van der Waals surface area contributed by atoms with Crippen LogP contribution in [-0.2, 0) is 0 Å². The van der Waals surface area contributed by atoms with E-state index in [1.807, 2.05) is 0 Å². The summed E-state index contributed by atoms with van der Waals surface area (Å²) < 4.78 is 0. The molecule has 0 aliphatic heterocycles. The molecule has 0 bridgehead atoms. The van der Waals surface area contributed by atoms with Gasteiger partial charge >= 0.3 is 0 Å². The lowest BCUT2D eigenvalue weighted by Gasteiger charge is -2.30. The minimum atomic E-state index is 0. The lowest BCUT2D eigenvalue weighted by molar-refractivity contribution is 0.196. The second-order valence-corrected chi connectivity index (χ2v) is 5.28. The molecule has 1 atom stereocenters. The van der Waals surface area contributed by atoms with Gasteiger partial charge in [0.2, 0.25) is 0 Å². The van der Waals surface area contributed by atoms with Gasteiger partial charge in [0.25, 0.3) is 0 Å². The molecule has 5 heteroatoms. The van der Waals surface area contributed by atoms with Crippen LogP contribution >= 0.6 is 24.0 Å². The fourth-order valence-electron chi connectivity index (χ4n) is 2.30. The Balaban J connectivity index is 0. The highest BCUT2D eigenvalue weighted by Crippen LogP contribution is 2.12. The van der Waals surface area contributed by atoms with Gasteiger partial charge in [0.1, 0.15) is 0 Å². The summed E-state index contributed by atoms with van der Waals surface area (Å²) in [6, 6.07) is 0.492. The van der Waals surface area contributed by atoms with Crippen LogP contribution in [0, 0.1) is 18.3 Å². The first-order valence-corrected chi connectivity index (χ1v) is 7.78. The number of nitrogens with one attached hydrogen (secondary N) is 2. The summed E-state index contributed by atoms with van der Waals surface area (Å²) in [5, 5.41) is 6.36. The molecule has 0 aromatic carbocycles. The monoisotopic (exact) mass is 408 g/mol. The molecule has 1 unspecified atom stereocenters. The fourth-order valence-corrected chi connectivity index (χ4v) is 2.30. The van der Waals surface area contributed by atoms with Crippen molar-refractivity contribution in [2.24, 2.45) is 10.9 Å². The van der Waals surface area contributed by atoms with Gasteiger partial charge in [-0.1, -0.05) is 33.6 Å². The highest BCUT2D eigenvalue weighted by atomic mass is 127. The number of nitrogens with zero attached hydrogens (tertiary/aromatic N) is 2. The summed E-state index contributed by atoms with van der Waals surface area (Å²) in [6.45, 7) is 15.3. The summed E-state index contributed by atoms with van der Waals surface area (Å²) in [4.78, 5) is 7.16. The van der Waals surface area contributed by atoms with Crippen LogP contribution in [0.4, 0.5) is 0 Å². The number of guanidine groups is 1. The summed E-state index contributed by atoms with van der Waals surface area (Å²) in [7, 11) is 0. The Kier molecular flexibility index (Phi) is 15.7. The number of rotatable bonds is 9. The molecule has 0 aliphatic rings. The minimum Gasteiger partial charge on any atom is -0.357 e. The van der Waals surface area contributed by atoms with E-state index >= 15 is 0 Å². The van der Waals surface area contributed by atoms with E-state index in [1.54, 1.807) is 0 Å². The quantitative estimate of drug-likeness (QED) is 0.267. The molecule has 0 aliphatic carbocycles. The maximum atomic E-state index is 5.28. The molecule has 124 valence electrons. The zero-order chi connectivity index (χ0) is 15.4. The third-order valence-corrected chi connectivity index (χ3v) is 3.23. The Labute approximate surface area is 148 Å². The molecular formula is C16H33IN4. The molecule has 2 N–H and O–H groups in total. The molecule has 4 nitrogen and oxygen atoms in total. The van der Waals surface area contributed by atoms with Crippen molar-refractivity contribution in [2.75, 3.05) is 32.7 Å². The van der Waals surface area contributed by atoms with Crippen molar-refractivity contribution in [3.8, 4) is 12.3 Å². The Morgan fingerprint density at radius 3 is 2.24 bits per heavy atom. The SMILES string of the molecule is C#CCNC(=NCC(CC(C)C)N(CC)CC)NCC.I. The average Bonchev–Trinajstić information content (AvgIpc) is 2.42. The summed E-state index contributed by atoms with van der Waals surface area (Å²) in [5.41, 5.74) is 0. The van der Waals surface area contributed by atoms with E-state index in [-0.39, 0.29) is 24.0 Å². The van der Waals surface area contributed by atoms with Gasteiger partial charge in [-0.3, -0.25) is 9.89 Å². The largest absolute Gasteiger partial charge is 0.357 e. The lowest BCUT2D eigenvalue weighted by atomic mass is 10.0. The van der Waals surface area contributed by atoms with Gasteiger partial charge in [-0.25, -0.2) is 0 Å². The van der Waals surface area contributed by atoms with Crippen LogP contribution < -0.4 is 10.6 Å². The molecule has 0 heterocycles. The maximum Gasteiger partial charge on any atom is 0.192 e. The smallest absolute Gasteiger partial charge is 0.192 e. The first kappa shape index (κ1) is 22.8. The van der Waals surface area contributed by atoms with Gasteiger partial charge in [-0.05, 0) is 32.4 Å². The maximum absolute atomic E-state index is 5.28. The Bertz CT molecular complexity index is 306. The van der Waals surface area contributed by atoms with E-state index in [4.69, 9.17) is 6.42 Å². The predicted molar refractivity (Wildman–Crippen MR) is 104 cm³/mol. The number of aliphatic imine (C=N–C) groups is 1. The molecule has 0 spiro atoms. The minimum absolute atomic E-state index is 0. The molecule has 0 rings (SSSR count). The van der Waals surface area contributed by atoms with Gasteiger partial charge in [-0.2, -0.15) is 0 Å². The normalized spacial score (nSPS) is 12.8. The summed E-state index contributed by atoms with van der Waals surface area (Å²) >= 11 is 0. The molecule has 0 saturated heterocycles. The molecule has 21 heavy (non-hydrogen) atoms. The van der Waals surface area contributed by atoms with Crippen molar-refractivity contribution >= 4 is 29.9 Å². The van der Waals surface area contributed by atoms with E-state index in [2.05, 4.69) is 61.1 Å². The van der Waals surface area contributed by atoms with Crippen molar-refractivity contribution in [2.45, 2.75) is 47.1 Å². The molecule has 0 fully saturated rings. The average molecular weight is 408 g/mol. The molecule has 0 aromatic rings. The summed E-state index contributed by atoms with van der Waals surface area (Å²) in [6.07, 6.45) is 6.45. The van der Waals surface area contributed by atoms with Crippen LogP contribution in [0.2, 0.25) is 0 Å². The van der Waals surface area contributed by atoms with E-state index in [9.17, 15) is 0 Å². The molecule has 0 amide bonds. The number of likely N-dealkylation sites (N-methyl/N-ethyl adjacent to an activating group) is 1. The predicted octanol–water partition coefficient (Wildman–Crippen LogP) is 2.55. The number of hydrogen-bond acceptors (Lipinski definition) is 2. The van der Waals surface area contributed by atoms with Crippen molar-refractivity contribution < 1.29 is 0 Å². The standard InChI is InChI=1S/C16H32N4.HI/c1-7-11-18-16(17-8-2)19-13-15(12-14(5)6)20(9-3)10-4;/h1,14-15H,8-13H2,2-6H3,(H2,17,18,19);1H. The van der Waals surface area contributed by atoms with Crippen LogP contribution in [0.3, 0.4) is 0 Å². The topological polar surface area (TPSA) is 39.7 Å². The number of hydrogen-bond donors (Lipinski definition) is 2. The van der Waals surface area contributed by atoms with E-state index in [1.165, 1.54) is 6.42 Å². The van der Waals surface area contributed by atoms with E-state index in [0.717, 1.165) is 32.1 Å². The molecule has 0 aromatic heterocycles. The van der Waals surface area contributed by atoms with Crippen molar-refractivity contribution in [3.63, 3.8) is 0 Å². The highest BCUT2D eigenvalue weighted by Gasteiger charge is 2.16. The van der Waals surface area contributed by atoms with E-state index in [0.29, 0.717) is 18.5 Å². The fraction of sp³-hybridized carbons (Fsp3) is 0.812. The van der Waals surface area contributed by atoms with Crippen LogP contribution in [-0.4, -0.2) is 49.6 Å². The van der Waals surface area contributed by atoms with Gasteiger partial charge in [-0.15, -0.1) is 30.4 Å². The first-order valence-electron chi connectivity index (χ1n) is 7.78. The van der Waals surface area contributed by atoms with Gasteiger partial charge in [0.05, 0.1) is 13.1 Å². The Morgan fingerprint density at radius 1 is 1.19 bits per heavy atom. The van der Waals surface area contributed by atoms with Crippen LogP contribution in [0.15, 0.2) is 4.99 Å². The van der Waals surface area contributed by atoms with Gasteiger partial charge in [0.15, 0.2) is 5.96 Å². The van der Waals surface area contributed by atoms with Crippen molar-refractivity contribution in [1.82, 2.24) is 15.5 Å². The molecular weight excluding hydrogens is 375 g/mol. The van der Waals surface area contributed by atoms with Crippen molar-refractivity contribution in [1.29, 1.82) is 0 Å². The Morgan fingerprint density at radius 2 is 1.81 bits per heavy atom. The highest BCUT2D eigenvalue weighted by molar-refractivity contribution is 14.0. The number of terminal acetylenes is 1. The van der Waals surface area contributed by atoms with Gasteiger partial charge < -0.3 is 10.6 Å². The van der Waals surface area contributed by atoms with Gasteiger partial charge in [0, 0.05) is 12.6 Å². The zero-order valence-corrected chi connectivity index (χ0v) is 16.6. The zero-order valence-electron chi connectivity index (χ0n) is 14.3. The Hall–Kier alpha value is -0.480.